The molecule has 34 heavy (non-hydrogen) atoms. The molecule has 3 rings (SSSR count). The molecule has 178 valence electrons. The van der Waals surface area contributed by atoms with Crippen molar-refractivity contribution < 1.29 is 17.9 Å². The minimum Gasteiger partial charge on any atom is -0.497 e. The van der Waals surface area contributed by atoms with Crippen LogP contribution in [0.2, 0.25) is 0 Å². The molecule has 8 heteroatoms. The van der Waals surface area contributed by atoms with Crippen LogP contribution in [0.4, 0.5) is 5.69 Å². The molecule has 0 saturated carbocycles. The topological polar surface area (TPSA) is 88.1 Å². The molecule has 0 aliphatic rings. The summed E-state index contributed by atoms with van der Waals surface area (Å²) in [5.74, 6) is -0.0232. The number of nitrogens with one attached hydrogen (secondary N) is 1. The normalized spacial score (nSPS) is 11.4. The zero-order valence-corrected chi connectivity index (χ0v) is 20.8. The fourth-order valence-electron chi connectivity index (χ4n) is 3.36. The zero-order chi connectivity index (χ0) is 24.9. The third kappa shape index (κ3) is 5.63. The summed E-state index contributed by atoms with van der Waals surface area (Å²) in [5, 5.41) is 4.05. The van der Waals surface area contributed by atoms with Gasteiger partial charge in [-0.2, -0.15) is 5.10 Å². The van der Waals surface area contributed by atoms with E-state index in [-0.39, 0.29) is 4.90 Å². The molecule has 0 bridgehead atoms. The Morgan fingerprint density at radius 2 is 1.59 bits per heavy atom. The van der Waals surface area contributed by atoms with Gasteiger partial charge in [0.05, 0.1) is 23.9 Å². The van der Waals surface area contributed by atoms with E-state index in [9.17, 15) is 13.2 Å². The molecule has 0 heterocycles. The van der Waals surface area contributed by atoms with E-state index in [2.05, 4.69) is 10.5 Å². The van der Waals surface area contributed by atoms with Gasteiger partial charge in [0.2, 0.25) is 0 Å². The highest BCUT2D eigenvalue weighted by Gasteiger charge is 2.27. The molecule has 0 aromatic heterocycles. The fraction of sp³-hybridized carbons (Fsp3) is 0.231. The summed E-state index contributed by atoms with van der Waals surface area (Å²) in [7, 11) is -2.51. The lowest BCUT2D eigenvalue weighted by molar-refractivity contribution is -0.119. The first-order valence-corrected chi connectivity index (χ1v) is 12.2. The first-order valence-electron chi connectivity index (χ1n) is 10.8. The van der Waals surface area contributed by atoms with Crippen molar-refractivity contribution in [2.24, 2.45) is 5.10 Å². The van der Waals surface area contributed by atoms with E-state index in [0.717, 1.165) is 26.6 Å². The summed E-state index contributed by atoms with van der Waals surface area (Å²) in [6.07, 6.45) is 1.56. The van der Waals surface area contributed by atoms with Crippen LogP contribution in [0.25, 0.3) is 0 Å². The average Bonchev–Trinajstić information content (AvgIpc) is 2.83. The Morgan fingerprint density at radius 3 is 2.21 bits per heavy atom. The van der Waals surface area contributed by atoms with Gasteiger partial charge in [0.15, 0.2) is 0 Å². The molecule has 0 unspecified atom stereocenters. The van der Waals surface area contributed by atoms with E-state index in [1.165, 1.54) is 24.8 Å². The summed E-state index contributed by atoms with van der Waals surface area (Å²) < 4.78 is 33.0. The Hall–Kier alpha value is -3.65. The Morgan fingerprint density at radius 1 is 0.941 bits per heavy atom. The van der Waals surface area contributed by atoms with Gasteiger partial charge >= 0.3 is 0 Å². The highest BCUT2D eigenvalue weighted by Crippen LogP contribution is 2.25. The molecule has 0 radical (unpaired) electrons. The van der Waals surface area contributed by atoms with Crippen LogP contribution in [0.3, 0.4) is 0 Å². The maximum atomic E-state index is 13.4. The van der Waals surface area contributed by atoms with Crippen LogP contribution in [0, 0.1) is 27.7 Å². The number of rotatable bonds is 8. The van der Waals surface area contributed by atoms with E-state index >= 15 is 0 Å². The minimum absolute atomic E-state index is 0.0518. The Bertz CT molecular complexity index is 1300. The lowest BCUT2D eigenvalue weighted by Gasteiger charge is -2.24. The van der Waals surface area contributed by atoms with Crippen molar-refractivity contribution in [3.63, 3.8) is 0 Å². The summed E-state index contributed by atoms with van der Waals surface area (Å²) in [5.41, 5.74) is 8.09. The number of carbonyl (C=O) groups is 1. The third-order valence-electron chi connectivity index (χ3n) is 5.75. The average molecular weight is 480 g/mol. The maximum absolute atomic E-state index is 13.4. The quantitative estimate of drug-likeness (QED) is 0.386. The number of amides is 1. The van der Waals surface area contributed by atoms with Gasteiger partial charge in [-0.3, -0.25) is 9.10 Å². The van der Waals surface area contributed by atoms with E-state index in [4.69, 9.17) is 4.74 Å². The van der Waals surface area contributed by atoms with Gasteiger partial charge in [-0.05, 0) is 86.3 Å². The molecule has 1 N–H and O–H groups in total. The number of ether oxygens (including phenoxy) is 1. The number of benzene rings is 3. The van der Waals surface area contributed by atoms with Gasteiger partial charge < -0.3 is 4.74 Å². The molecule has 1 amide bonds. The maximum Gasteiger partial charge on any atom is 0.264 e. The minimum atomic E-state index is -4.02. The number of hydrazone groups is 1. The van der Waals surface area contributed by atoms with Gasteiger partial charge in [-0.25, -0.2) is 13.8 Å². The van der Waals surface area contributed by atoms with Crippen LogP contribution in [-0.4, -0.2) is 34.2 Å². The van der Waals surface area contributed by atoms with Crippen molar-refractivity contribution in [2.75, 3.05) is 18.0 Å². The van der Waals surface area contributed by atoms with E-state index < -0.39 is 22.5 Å². The molecule has 7 nitrogen and oxygen atoms in total. The number of aryl methyl sites for hydroxylation is 2. The van der Waals surface area contributed by atoms with Crippen LogP contribution in [0.5, 0.6) is 5.75 Å². The standard InChI is InChI=1S/C26H29N3O4S/c1-18-6-10-23(11-7-18)29(34(31,32)25-14-12-24(33-5)13-15-25)17-26(30)28-27-16-22-9-8-19(2)20(3)21(22)4/h6-16H,17H2,1-5H3,(H,28,30)/b27-16-. The van der Waals surface area contributed by atoms with E-state index in [1.54, 1.807) is 42.6 Å². The number of methoxy groups -OCH3 is 1. The monoisotopic (exact) mass is 479 g/mol. The first kappa shape index (κ1) is 25.0. The molecule has 0 aliphatic heterocycles. The Labute approximate surface area is 201 Å². The number of carbonyl (C=O) groups excluding carboxylic acids is 1. The van der Waals surface area contributed by atoms with Gasteiger partial charge in [0.25, 0.3) is 15.9 Å². The van der Waals surface area contributed by atoms with Gasteiger partial charge in [-0.1, -0.05) is 29.8 Å². The predicted molar refractivity (Wildman–Crippen MR) is 135 cm³/mol. The fourth-order valence-corrected chi connectivity index (χ4v) is 4.78. The molecule has 0 spiro atoms. The predicted octanol–water partition coefficient (Wildman–Crippen LogP) is 4.27. The molecule has 0 saturated heterocycles. The Balaban J connectivity index is 1.85. The Kier molecular flexibility index (Phi) is 7.73. The largest absolute Gasteiger partial charge is 0.497 e. The number of hydrogen-bond donors (Lipinski definition) is 1. The summed E-state index contributed by atoms with van der Waals surface area (Å²) in [6.45, 7) is 7.53. The zero-order valence-electron chi connectivity index (χ0n) is 20.0. The van der Waals surface area contributed by atoms with E-state index in [0.29, 0.717) is 11.4 Å². The first-order chi connectivity index (χ1) is 16.1. The van der Waals surface area contributed by atoms with Crippen molar-refractivity contribution in [1.29, 1.82) is 0 Å². The molecule has 3 aromatic rings. The van der Waals surface area contributed by atoms with Crippen LogP contribution in [0.15, 0.2) is 70.7 Å². The van der Waals surface area contributed by atoms with Crippen molar-refractivity contribution in [3.05, 3.63) is 88.5 Å². The van der Waals surface area contributed by atoms with E-state index in [1.807, 2.05) is 39.8 Å². The second kappa shape index (κ2) is 10.5. The number of hydrogen-bond acceptors (Lipinski definition) is 5. The molecule has 0 atom stereocenters. The summed E-state index contributed by atoms with van der Waals surface area (Å²) in [4.78, 5) is 12.8. The van der Waals surface area contributed by atoms with Crippen LogP contribution < -0.4 is 14.5 Å². The second-order valence-electron chi connectivity index (χ2n) is 8.04. The SMILES string of the molecule is COc1ccc(S(=O)(=O)N(CC(=O)N/N=C\c2ccc(C)c(C)c2C)c2ccc(C)cc2)cc1. The van der Waals surface area contributed by atoms with Gasteiger partial charge in [-0.15, -0.1) is 0 Å². The molecule has 0 aliphatic carbocycles. The number of anilines is 1. The summed E-state index contributed by atoms with van der Waals surface area (Å²) >= 11 is 0. The highest BCUT2D eigenvalue weighted by molar-refractivity contribution is 7.92. The van der Waals surface area contributed by atoms with Crippen LogP contribution in [0.1, 0.15) is 27.8 Å². The lowest BCUT2D eigenvalue weighted by Crippen LogP contribution is -2.39. The van der Waals surface area contributed by atoms with Crippen LogP contribution >= 0.6 is 0 Å². The molecular weight excluding hydrogens is 450 g/mol. The highest BCUT2D eigenvalue weighted by atomic mass is 32.2. The summed E-state index contributed by atoms with van der Waals surface area (Å²) in [6, 6.07) is 16.9. The van der Waals surface area contributed by atoms with Crippen molar-refractivity contribution >= 4 is 27.8 Å². The van der Waals surface area contributed by atoms with Gasteiger partial charge in [0.1, 0.15) is 12.3 Å². The van der Waals surface area contributed by atoms with Crippen LogP contribution in [-0.2, 0) is 14.8 Å². The lowest BCUT2D eigenvalue weighted by atomic mass is 10.00. The molecular formula is C26H29N3O4S. The van der Waals surface area contributed by atoms with Crippen molar-refractivity contribution in [2.45, 2.75) is 32.6 Å². The second-order valence-corrected chi connectivity index (χ2v) is 9.90. The molecule has 3 aromatic carbocycles. The van der Waals surface area contributed by atoms with Crippen molar-refractivity contribution in [1.82, 2.24) is 5.43 Å². The van der Waals surface area contributed by atoms with Crippen molar-refractivity contribution in [3.8, 4) is 5.75 Å². The molecule has 0 fully saturated rings. The third-order valence-corrected chi connectivity index (χ3v) is 7.54. The number of nitrogens with zero attached hydrogens (tertiary/aromatic N) is 2. The number of sulfonamides is 1. The smallest absolute Gasteiger partial charge is 0.264 e. The van der Waals surface area contributed by atoms with Gasteiger partial charge in [0, 0.05) is 0 Å².